The maximum absolute atomic E-state index is 11.8. The Kier molecular flexibility index (Phi) is 5.82. The lowest BCUT2D eigenvalue weighted by Gasteiger charge is -2.12. The van der Waals surface area contributed by atoms with Gasteiger partial charge in [-0.1, -0.05) is 0 Å². The van der Waals surface area contributed by atoms with Gasteiger partial charge in [0.1, 0.15) is 26.9 Å². The van der Waals surface area contributed by atoms with Crippen LogP contribution in [0.25, 0.3) is 10.8 Å². The van der Waals surface area contributed by atoms with Crippen LogP contribution in [0.1, 0.15) is 0 Å². The SMILES string of the molecule is Nc1ccc(N=Nc2c(N)c(S(=O)(=O)O)cc3cc(S(=O)(=O)O)cc(O)c23)c(S(=O)(=O)O)c1. The molecule has 0 fully saturated rings. The molecule has 0 saturated heterocycles. The Hall–Kier alpha value is -3.35. The molecule has 0 spiro atoms. The summed E-state index contributed by atoms with van der Waals surface area (Å²) < 4.78 is 97.7. The van der Waals surface area contributed by atoms with E-state index >= 15 is 0 Å². The van der Waals surface area contributed by atoms with Crippen LogP contribution in [0.2, 0.25) is 0 Å². The zero-order chi connectivity index (χ0) is 24.9. The average molecular weight is 519 g/mol. The van der Waals surface area contributed by atoms with Crippen molar-refractivity contribution in [1.29, 1.82) is 0 Å². The molecule has 176 valence electrons. The van der Waals surface area contributed by atoms with E-state index in [0.717, 1.165) is 24.3 Å². The summed E-state index contributed by atoms with van der Waals surface area (Å²) in [5.74, 6) is -0.824. The number of phenolic OH excluding ortho intramolecular Hbond substituents is 1. The van der Waals surface area contributed by atoms with Crippen LogP contribution in [0.15, 0.2) is 61.3 Å². The number of benzene rings is 3. The minimum atomic E-state index is -5.00. The summed E-state index contributed by atoms with van der Waals surface area (Å²) in [5, 5.41) is 16.9. The van der Waals surface area contributed by atoms with Crippen molar-refractivity contribution in [3.63, 3.8) is 0 Å². The van der Waals surface area contributed by atoms with Crippen LogP contribution < -0.4 is 11.5 Å². The second-order valence-corrected chi connectivity index (χ2v) is 10.7. The van der Waals surface area contributed by atoms with Crippen LogP contribution in [-0.4, -0.2) is 44.0 Å². The first-order valence-electron chi connectivity index (χ1n) is 8.33. The first kappa shape index (κ1) is 24.3. The highest BCUT2D eigenvalue weighted by molar-refractivity contribution is 7.86. The molecule has 0 heterocycles. The number of hydrogen-bond acceptors (Lipinski definition) is 11. The summed E-state index contributed by atoms with van der Waals surface area (Å²) in [6, 6.07) is 5.26. The van der Waals surface area contributed by atoms with Crippen LogP contribution in [0.4, 0.5) is 22.7 Å². The van der Waals surface area contributed by atoms with E-state index in [0.29, 0.717) is 6.07 Å². The number of nitrogens with two attached hydrogens (primary N) is 2. The van der Waals surface area contributed by atoms with Crippen molar-refractivity contribution in [1.82, 2.24) is 0 Å². The largest absolute Gasteiger partial charge is 0.507 e. The van der Waals surface area contributed by atoms with Gasteiger partial charge in [-0.3, -0.25) is 13.7 Å². The molecule has 0 atom stereocenters. The van der Waals surface area contributed by atoms with E-state index in [1.54, 1.807) is 0 Å². The molecule has 0 aliphatic carbocycles. The van der Waals surface area contributed by atoms with Crippen LogP contribution >= 0.6 is 0 Å². The number of rotatable bonds is 5. The molecule has 0 aliphatic heterocycles. The molecule has 0 bridgehead atoms. The van der Waals surface area contributed by atoms with Gasteiger partial charge in [-0.15, -0.1) is 10.2 Å². The predicted molar refractivity (Wildman–Crippen MR) is 114 cm³/mol. The Morgan fingerprint density at radius 2 is 1.33 bits per heavy atom. The van der Waals surface area contributed by atoms with Crippen molar-refractivity contribution >= 4 is 63.9 Å². The Bertz CT molecular complexity index is 1660. The lowest BCUT2D eigenvalue weighted by molar-refractivity contribution is 0.471. The van der Waals surface area contributed by atoms with E-state index in [9.17, 15) is 44.0 Å². The third-order valence-corrected chi connectivity index (χ3v) is 6.87. The first-order valence-corrected chi connectivity index (χ1v) is 12.6. The number of aromatic hydroxyl groups is 1. The normalized spacial score (nSPS) is 13.1. The van der Waals surface area contributed by atoms with Crippen LogP contribution in [0, 0.1) is 0 Å². The Morgan fingerprint density at radius 1 is 0.727 bits per heavy atom. The van der Waals surface area contributed by atoms with Gasteiger partial charge in [0, 0.05) is 11.8 Å². The maximum Gasteiger partial charge on any atom is 0.296 e. The number of anilines is 2. The number of phenols is 1. The zero-order valence-electron chi connectivity index (χ0n) is 16.0. The molecule has 3 aromatic rings. The van der Waals surface area contributed by atoms with Crippen LogP contribution in [-0.2, 0) is 30.4 Å². The van der Waals surface area contributed by atoms with Crippen molar-refractivity contribution in [3.8, 4) is 5.75 Å². The Labute approximate surface area is 186 Å². The quantitative estimate of drug-likeness (QED) is 0.161. The summed E-state index contributed by atoms with van der Waals surface area (Å²) in [6.45, 7) is 0. The average Bonchev–Trinajstić information content (AvgIpc) is 2.65. The highest BCUT2D eigenvalue weighted by Gasteiger charge is 2.24. The van der Waals surface area contributed by atoms with Gasteiger partial charge in [-0.2, -0.15) is 25.3 Å². The highest BCUT2D eigenvalue weighted by atomic mass is 32.2. The van der Waals surface area contributed by atoms with Gasteiger partial charge in [0.15, 0.2) is 0 Å². The van der Waals surface area contributed by atoms with Gasteiger partial charge in [0.05, 0.1) is 16.0 Å². The van der Waals surface area contributed by atoms with E-state index < -0.39 is 67.9 Å². The van der Waals surface area contributed by atoms with Gasteiger partial charge in [0.25, 0.3) is 30.4 Å². The second kappa shape index (κ2) is 7.90. The van der Waals surface area contributed by atoms with Gasteiger partial charge < -0.3 is 16.6 Å². The smallest absolute Gasteiger partial charge is 0.296 e. The molecule has 3 rings (SSSR count). The van der Waals surface area contributed by atoms with Crippen molar-refractivity contribution in [2.24, 2.45) is 10.2 Å². The van der Waals surface area contributed by atoms with Gasteiger partial charge in [0.2, 0.25) is 0 Å². The molecular weight excluding hydrogens is 504 g/mol. The van der Waals surface area contributed by atoms with Crippen molar-refractivity contribution in [2.75, 3.05) is 11.5 Å². The minimum absolute atomic E-state index is 0.0460. The number of nitrogen functional groups attached to an aromatic ring is 2. The fourth-order valence-corrected chi connectivity index (χ4v) is 4.70. The topological polar surface area (TPSA) is 260 Å². The number of azo groups is 1. The Balaban J connectivity index is 2.41. The summed E-state index contributed by atoms with van der Waals surface area (Å²) >= 11 is 0. The molecular formula is C16H14N4O10S3. The van der Waals surface area contributed by atoms with Crippen molar-refractivity contribution in [2.45, 2.75) is 14.7 Å². The van der Waals surface area contributed by atoms with Crippen molar-refractivity contribution < 1.29 is 44.0 Å². The maximum atomic E-state index is 11.8. The molecule has 3 aromatic carbocycles. The third-order valence-electron chi connectivity index (χ3n) is 4.26. The lowest BCUT2D eigenvalue weighted by Crippen LogP contribution is -2.04. The van der Waals surface area contributed by atoms with Gasteiger partial charge in [-0.05, 0) is 35.7 Å². The van der Waals surface area contributed by atoms with E-state index in [1.165, 1.54) is 6.07 Å². The number of fused-ring (bicyclic) bond motifs is 1. The molecule has 0 aromatic heterocycles. The number of hydrogen-bond donors (Lipinski definition) is 6. The van der Waals surface area contributed by atoms with E-state index in [1.807, 2.05) is 0 Å². The van der Waals surface area contributed by atoms with Crippen LogP contribution in [0.5, 0.6) is 5.75 Å². The molecule has 0 amide bonds. The lowest BCUT2D eigenvalue weighted by atomic mass is 10.1. The molecule has 14 nitrogen and oxygen atoms in total. The third kappa shape index (κ3) is 4.87. The first-order chi connectivity index (χ1) is 15.0. The molecule has 0 saturated carbocycles. The molecule has 0 radical (unpaired) electrons. The van der Waals surface area contributed by atoms with Gasteiger partial charge >= 0.3 is 0 Å². The van der Waals surface area contributed by atoms with E-state index in [4.69, 9.17) is 11.5 Å². The second-order valence-electron chi connectivity index (χ2n) is 6.53. The molecule has 0 aliphatic rings. The fourth-order valence-electron chi connectivity index (χ4n) is 2.85. The molecule has 33 heavy (non-hydrogen) atoms. The van der Waals surface area contributed by atoms with Crippen LogP contribution in [0.3, 0.4) is 0 Å². The summed E-state index contributed by atoms with van der Waals surface area (Å²) in [5.41, 5.74) is 9.46. The Morgan fingerprint density at radius 3 is 1.88 bits per heavy atom. The van der Waals surface area contributed by atoms with E-state index in [2.05, 4.69) is 10.2 Å². The van der Waals surface area contributed by atoms with E-state index in [-0.39, 0.29) is 16.5 Å². The fraction of sp³-hybridized carbons (Fsp3) is 0. The molecule has 8 N–H and O–H groups in total. The summed E-state index contributed by atoms with van der Waals surface area (Å²) in [7, 11) is -14.7. The molecule has 0 unspecified atom stereocenters. The monoisotopic (exact) mass is 518 g/mol. The molecule has 17 heteroatoms. The highest BCUT2D eigenvalue weighted by Crippen LogP contribution is 2.44. The minimum Gasteiger partial charge on any atom is -0.507 e. The van der Waals surface area contributed by atoms with Crippen molar-refractivity contribution in [3.05, 3.63) is 36.4 Å². The van der Waals surface area contributed by atoms with Gasteiger partial charge in [-0.25, -0.2) is 0 Å². The predicted octanol–water partition coefficient (Wildman–Crippen LogP) is 1.87. The standard InChI is InChI=1S/C16H14N4O10S3/c17-8-1-2-10(12(5-8)32(25,26)27)19-20-16-14-7(4-13(15(16)18)33(28,29)30)3-9(6-11(14)21)31(22,23)24/h1-6,21H,17-18H2,(H,22,23,24)(H,25,26,27)(H,28,29,30). The zero-order valence-corrected chi connectivity index (χ0v) is 18.4. The number of nitrogens with zero attached hydrogens (tertiary/aromatic N) is 2. The summed E-state index contributed by atoms with van der Waals surface area (Å²) in [6.07, 6.45) is 0. The summed E-state index contributed by atoms with van der Waals surface area (Å²) in [4.78, 5) is -2.50.